The van der Waals surface area contributed by atoms with Crippen molar-refractivity contribution in [1.82, 2.24) is 40.4 Å². The number of nitrogens with zero attached hydrogens (tertiary/aromatic N) is 4. The van der Waals surface area contributed by atoms with E-state index in [-0.39, 0.29) is 17.9 Å². The summed E-state index contributed by atoms with van der Waals surface area (Å²) in [4.78, 5) is 70.1. The summed E-state index contributed by atoms with van der Waals surface area (Å²) in [5.74, 6) is -0.0121. The Morgan fingerprint density at radius 2 is 1.15 bits per heavy atom. The molecule has 61 heavy (non-hydrogen) atoms. The second-order valence-electron chi connectivity index (χ2n) is 15.5. The Morgan fingerprint density at radius 1 is 0.689 bits per heavy atom. The minimum Gasteiger partial charge on any atom is -0.465 e. The topological polar surface area (TPSA) is 197 Å². The highest BCUT2D eigenvalue weighted by molar-refractivity contribution is 5.88. The standard InChI is InChI=1S/C46H45FN8O6/c1-26-23-32(27(2)38(47)37(26)34-25-49-42(51-34)36-16-10-22-55(36)44(57)40(53-46(60)61)31-13-7-4-8-14-31)28-17-19-29(20-18-28)33-24-48-41(50-33)35-15-9-21-54(35)43(56)39(52-45(58)59)30-11-5-3-6-12-30/h3-8,11-14,17-20,23-25,35-36,39-40,52-53H,9-10,15-16,21-22H2,1-2H3,(H,48,50)(H,49,51)(H,58,59)(H,60,61)/t35?,36-,39?,40+/m0/s1. The molecule has 4 amide bonds. The van der Waals surface area contributed by atoms with Gasteiger partial charge in [0.2, 0.25) is 0 Å². The third-order valence-electron chi connectivity index (χ3n) is 11.7. The molecule has 4 aromatic carbocycles. The van der Waals surface area contributed by atoms with Crippen LogP contribution >= 0.6 is 0 Å². The molecule has 2 fully saturated rings. The van der Waals surface area contributed by atoms with Crippen LogP contribution in [-0.2, 0) is 9.59 Å². The Labute approximate surface area is 350 Å². The van der Waals surface area contributed by atoms with Crippen LogP contribution in [0, 0.1) is 19.7 Å². The van der Waals surface area contributed by atoms with Crippen LogP contribution in [0.2, 0.25) is 0 Å². The summed E-state index contributed by atoms with van der Waals surface area (Å²) in [6, 6.07) is 24.2. The average molecular weight is 825 g/mol. The number of benzene rings is 4. The fourth-order valence-corrected chi connectivity index (χ4v) is 8.70. The number of hydrogen-bond donors (Lipinski definition) is 6. The molecule has 15 heteroatoms. The molecule has 2 aliphatic heterocycles. The predicted molar refractivity (Wildman–Crippen MR) is 225 cm³/mol. The van der Waals surface area contributed by atoms with E-state index < -0.39 is 36.1 Å². The molecular weight excluding hydrogens is 780 g/mol. The quantitative estimate of drug-likeness (QED) is 0.0751. The normalized spacial score (nSPS) is 17.2. The zero-order chi connectivity index (χ0) is 42.8. The lowest BCUT2D eigenvalue weighted by molar-refractivity contribution is -0.135. The zero-order valence-corrected chi connectivity index (χ0v) is 33.6. The number of likely N-dealkylation sites (tertiary alicyclic amines) is 2. The lowest BCUT2D eigenvalue weighted by atomic mass is 9.92. The van der Waals surface area contributed by atoms with E-state index in [9.17, 15) is 29.4 Å². The molecule has 0 bridgehead atoms. The number of carbonyl (C=O) groups excluding carboxylic acids is 2. The first kappa shape index (κ1) is 40.5. The Hall–Kier alpha value is -7.29. The Balaban J connectivity index is 0.986. The first-order valence-corrected chi connectivity index (χ1v) is 20.2. The van der Waals surface area contributed by atoms with Crippen molar-refractivity contribution in [3.05, 3.63) is 143 Å². The molecular formula is C46H45FN8O6. The maximum Gasteiger partial charge on any atom is 0.405 e. The van der Waals surface area contributed by atoms with Gasteiger partial charge in [-0.1, -0.05) is 91.0 Å². The maximum atomic E-state index is 16.4. The van der Waals surface area contributed by atoms with Gasteiger partial charge in [0.1, 0.15) is 29.5 Å². The lowest BCUT2D eigenvalue weighted by Crippen LogP contribution is -2.42. The zero-order valence-electron chi connectivity index (χ0n) is 33.6. The van der Waals surface area contributed by atoms with Gasteiger partial charge in [-0.3, -0.25) is 9.59 Å². The summed E-state index contributed by atoms with van der Waals surface area (Å²) < 4.78 is 16.4. The van der Waals surface area contributed by atoms with E-state index in [1.807, 2.05) is 43.3 Å². The van der Waals surface area contributed by atoms with Crippen LogP contribution in [-0.4, -0.2) is 77.0 Å². The van der Waals surface area contributed by atoms with Crippen LogP contribution in [0.15, 0.2) is 103 Å². The van der Waals surface area contributed by atoms with Crippen molar-refractivity contribution in [3.8, 4) is 33.6 Å². The number of rotatable bonds is 11. The van der Waals surface area contributed by atoms with Crippen LogP contribution in [0.25, 0.3) is 33.6 Å². The van der Waals surface area contributed by atoms with Crippen LogP contribution in [0.5, 0.6) is 0 Å². The molecule has 6 N–H and O–H groups in total. The summed E-state index contributed by atoms with van der Waals surface area (Å²) in [7, 11) is 0. The molecule has 2 unspecified atom stereocenters. The molecule has 312 valence electrons. The first-order chi connectivity index (χ1) is 29.5. The molecule has 4 heterocycles. The number of H-pyrrole nitrogens is 2. The molecule has 0 spiro atoms. The van der Waals surface area contributed by atoms with E-state index in [1.54, 1.807) is 83.7 Å². The molecule has 4 atom stereocenters. The third-order valence-corrected chi connectivity index (χ3v) is 11.7. The number of aromatic nitrogens is 4. The van der Waals surface area contributed by atoms with Gasteiger partial charge < -0.3 is 40.6 Å². The van der Waals surface area contributed by atoms with Crippen molar-refractivity contribution in [2.45, 2.75) is 63.7 Å². The Kier molecular flexibility index (Phi) is 11.4. The number of nitrogens with one attached hydrogen (secondary N) is 4. The molecule has 8 rings (SSSR count). The number of imidazole rings is 2. The smallest absolute Gasteiger partial charge is 0.405 e. The van der Waals surface area contributed by atoms with Gasteiger partial charge in [0, 0.05) is 18.7 Å². The molecule has 6 aromatic rings. The SMILES string of the molecule is Cc1cc(-c2ccc(-c3cnc(C4CCCN4C(=O)C(NC(=O)O)c4ccccc4)[nH]3)cc2)c(C)c(F)c1-c1cnc([C@@H]2CCCN2C(=O)[C@H](NC(=O)O)c2ccccc2)[nH]1. The number of halogens is 1. The number of carboxylic acid groups (broad SMARTS) is 2. The van der Waals surface area contributed by atoms with E-state index in [0.29, 0.717) is 77.5 Å². The van der Waals surface area contributed by atoms with Crippen molar-refractivity contribution in [3.63, 3.8) is 0 Å². The van der Waals surface area contributed by atoms with Crippen molar-refractivity contribution in [2.24, 2.45) is 0 Å². The summed E-state index contributed by atoms with van der Waals surface area (Å²) in [6.45, 7) is 4.47. The molecule has 2 aromatic heterocycles. The van der Waals surface area contributed by atoms with Crippen LogP contribution in [0.1, 0.15) is 83.8 Å². The van der Waals surface area contributed by atoms with Crippen molar-refractivity contribution in [2.75, 3.05) is 13.1 Å². The Morgan fingerprint density at radius 3 is 1.64 bits per heavy atom. The summed E-state index contributed by atoms with van der Waals surface area (Å²) >= 11 is 0. The number of hydrogen-bond acceptors (Lipinski definition) is 6. The van der Waals surface area contributed by atoms with Gasteiger partial charge in [-0.05, 0) is 78.5 Å². The number of aryl methyl sites for hydroxylation is 1. The lowest BCUT2D eigenvalue weighted by Gasteiger charge is -2.28. The maximum absolute atomic E-state index is 16.4. The van der Waals surface area contributed by atoms with E-state index in [2.05, 4.69) is 30.6 Å². The number of carbonyl (C=O) groups is 4. The summed E-state index contributed by atoms with van der Waals surface area (Å²) in [5.41, 5.74) is 6.21. The molecule has 2 aliphatic rings. The fourth-order valence-electron chi connectivity index (χ4n) is 8.70. The number of amides is 4. The van der Waals surface area contributed by atoms with Gasteiger partial charge >= 0.3 is 12.2 Å². The van der Waals surface area contributed by atoms with E-state index in [1.165, 1.54) is 0 Å². The minimum atomic E-state index is -1.30. The average Bonchev–Trinajstić information content (AvgIpc) is 4.11. The first-order valence-electron chi connectivity index (χ1n) is 20.2. The van der Waals surface area contributed by atoms with E-state index >= 15 is 4.39 Å². The highest BCUT2D eigenvalue weighted by Gasteiger charge is 2.38. The van der Waals surface area contributed by atoms with Crippen LogP contribution in [0.3, 0.4) is 0 Å². The van der Waals surface area contributed by atoms with Gasteiger partial charge in [0.25, 0.3) is 11.8 Å². The van der Waals surface area contributed by atoms with Gasteiger partial charge in [-0.2, -0.15) is 0 Å². The van der Waals surface area contributed by atoms with Gasteiger partial charge in [-0.25, -0.2) is 23.9 Å². The molecule has 0 radical (unpaired) electrons. The minimum absolute atomic E-state index is 0.341. The Bertz CT molecular complexity index is 2580. The third kappa shape index (κ3) is 8.18. The van der Waals surface area contributed by atoms with Crippen molar-refractivity contribution >= 4 is 24.0 Å². The molecule has 2 saturated heterocycles. The van der Waals surface area contributed by atoms with Crippen molar-refractivity contribution < 1.29 is 33.8 Å². The second kappa shape index (κ2) is 17.1. The van der Waals surface area contributed by atoms with E-state index in [4.69, 9.17) is 0 Å². The monoisotopic (exact) mass is 824 g/mol. The van der Waals surface area contributed by atoms with Gasteiger partial charge in [0.15, 0.2) is 0 Å². The highest BCUT2D eigenvalue weighted by atomic mass is 19.1. The van der Waals surface area contributed by atoms with Crippen molar-refractivity contribution in [1.29, 1.82) is 0 Å². The van der Waals surface area contributed by atoms with Gasteiger partial charge in [0.05, 0.1) is 35.9 Å². The molecule has 14 nitrogen and oxygen atoms in total. The summed E-state index contributed by atoms with van der Waals surface area (Å²) in [5, 5.41) is 23.8. The van der Waals surface area contributed by atoms with Crippen LogP contribution < -0.4 is 10.6 Å². The molecule has 0 aliphatic carbocycles. The number of aromatic amines is 2. The highest BCUT2D eigenvalue weighted by Crippen LogP contribution is 2.39. The van der Waals surface area contributed by atoms with Crippen LogP contribution in [0.4, 0.5) is 14.0 Å². The largest absolute Gasteiger partial charge is 0.465 e. The predicted octanol–water partition coefficient (Wildman–Crippen LogP) is 8.23. The second-order valence-corrected chi connectivity index (χ2v) is 15.5. The summed E-state index contributed by atoms with van der Waals surface area (Å²) in [6.07, 6.45) is 3.44. The van der Waals surface area contributed by atoms with Gasteiger partial charge in [-0.15, -0.1) is 0 Å². The fraction of sp³-hybridized carbons (Fsp3) is 0.261. The molecule has 0 saturated carbocycles. The van der Waals surface area contributed by atoms with E-state index in [0.717, 1.165) is 28.8 Å².